The zero-order valence-electron chi connectivity index (χ0n) is 19.5. The van der Waals surface area contributed by atoms with Crippen LogP contribution in [0.15, 0.2) is 72.9 Å². The average Bonchev–Trinajstić information content (AvgIpc) is 3.13. The Morgan fingerprint density at radius 3 is 2.12 bits per heavy atom. The van der Waals surface area contributed by atoms with Crippen molar-refractivity contribution in [3.05, 3.63) is 89.2 Å². The first-order valence-corrected chi connectivity index (χ1v) is 13.6. The Kier molecular flexibility index (Phi) is 6.75. The summed E-state index contributed by atoms with van der Waals surface area (Å²) < 4.78 is 12.9. The molecule has 0 spiro atoms. The number of carbonyl (C=O) groups is 1. The number of pyridine rings is 1. The van der Waals surface area contributed by atoms with Gasteiger partial charge in [-0.1, -0.05) is 93.0 Å². The molecular weight excluding hydrogens is 450 g/mol. The Hall–Kier alpha value is -2.47. The molecule has 2 aromatic carbocycles. The van der Waals surface area contributed by atoms with E-state index in [2.05, 4.69) is 74.3 Å². The van der Waals surface area contributed by atoms with Crippen LogP contribution in [0.1, 0.15) is 44.9 Å². The Labute approximate surface area is 202 Å². The summed E-state index contributed by atoms with van der Waals surface area (Å²) in [4.78, 5) is 16.2. The van der Waals surface area contributed by atoms with Gasteiger partial charge in [-0.25, -0.2) is 4.98 Å². The van der Waals surface area contributed by atoms with E-state index in [-0.39, 0.29) is 16.9 Å². The fourth-order valence-electron chi connectivity index (χ4n) is 5.05. The van der Waals surface area contributed by atoms with Crippen LogP contribution in [-0.2, 0) is 20.4 Å². The maximum Gasteiger partial charge on any atom is 0.303 e. The fraction of sp³-hybridized carbons (Fsp3) is 0.333. The largest absolute Gasteiger partial charge is 0.457 e. The number of aromatic nitrogens is 1. The van der Waals surface area contributed by atoms with Gasteiger partial charge in [0, 0.05) is 31.2 Å². The van der Waals surface area contributed by atoms with Crippen molar-refractivity contribution in [2.24, 2.45) is 5.92 Å². The molecule has 2 atom stereocenters. The second-order valence-corrected chi connectivity index (χ2v) is 14.3. The molecule has 2 unspecified atom stereocenters. The average molecular weight is 480 g/mol. The summed E-state index contributed by atoms with van der Waals surface area (Å²) in [7, 11) is -2.69. The highest BCUT2D eigenvalue weighted by Crippen LogP contribution is 2.43. The van der Waals surface area contributed by atoms with Crippen LogP contribution in [0.25, 0.3) is 0 Å². The third-order valence-electron chi connectivity index (χ3n) is 6.46. The van der Waals surface area contributed by atoms with Crippen LogP contribution in [0.3, 0.4) is 0 Å². The van der Waals surface area contributed by atoms with E-state index >= 15 is 0 Å². The Bertz CT molecular complexity index is 1080. The summed E-state index contributed by atoms with van der Waals surface area (Å²) in [5.74, 6) is -0.344. The standard InChI is InChI=1S/C27H30ClNO3Si/c1-19(30)32-25-20(17-24-23(25)15-16-29-26(24)28)18-31-33(27(2,3)4,21-11-7-5-8-12-21)22-13-9-6-10-14-22/h5-16,20,25H,17-18H2,1-4H3. The van der Waals surface area contributed by atoms with Gasteiger partial charge in [0.1, 0.15) is 11.3 Å². The van der Waals surface area contributed by atoms with Crippen molar-refractivity contribution in [2.45, 2.75) is 45.3 Å². The number of fused-ring (bicyclic) bond motifs is 1. The molecular formula is C27H30ClNO3Si. The van der Waals surface area contributed by atoms with Gasteiger partial charge < -0.3 is 9.16 Å². The molecule has 3 aromatic rings. The molecule has 6 heteroatoms. The van der Waals surface area contributed by atoms with Crippen molar-refractivity contribution in [3.63, 3.8) is 0 Å². The van der Waals surface area contributed by atoms with Crippen LogP contribution in [-0.4, -0.2) is 25.9 Å². The van der Waals surface area contributed by atoms with Gasteiger partial charge in [-0.05, 0) is 33.5 Å². The number of carbonyl (C=O) groups excluding carboxylic acids is 1. The van der Waals surface area contributed by atoms with Crippen molar-refractivity contribution in [2.75, 3.05) is 6.61 Å². The summed E-state index contributed by atoms with van der Waals surface area (Å²) in [6.45, 7) is 8.67. The maximum absolute atomic E-state index is 11.9. The lowest BCUT2D eigenvalue weighted by molar-refractivity contribution is -0.149. The lowest BCUT2D eigenvalue weighted by atomic mass is 10.1. The van der Waals surface area contributed by atoms with Crippen LogP contribution >= 0.6 is 11.6 Å². The van der Waals surface area contributed by atoms with Gasteiger partial charge in [-0.15, -0.1) is 0 Å². The summed E-state index contributed by atoms with van der Waals surface area (Å²) in [6, 6.07) is 23.0. The van der Waals surface area contributed by atoms with E-state index < -0.39 is 14.4 Å². The minimum Gasteiger partial charge on any atom is -0.457 e. The number of rotatable bonds is 6. The monoisotopic (exact) mass is 479 g/mol. The normalized spacial score (nSPS) is 18.1. The molecule has 4 nitrogen and oxygen atoms in total. The van der Waals surface area contributed by atoms with Crippen molar-refractivity contribution >= 4 is 36.3 Å². The zero-order valence-corrected chi connectivity index (χ0v) is 21.3. The summed E-state index contributed by atoms with van der Waals surface area (Å²) in [5, 5.41) is 2.79. The van der Waals surface area contributed by atoms with Gasteiger partial charge in [0.05, 0.1) is 0 Å². The van der Waals surface area contributed by atoms with Crippen molar-refractivity contribution in [3.8, 4) is 0 Å². The number of hydrogen-bond acceptors (Lipinski definition) is 4. The quantitative estimate of drug-likeness (QED) is 0.281. The first-order chi connectivity index (χ1) is 15.7. The molecule has 0 radical (unpaired) electrons. The van der Waals surface area contributed by atoms with Crippen LogP contribution < -0.4 is 10.4 Å². The molecule has 1 aromatic heterocycles. The molecule has 0 bridgehead atoms. The number of halogens is 1. The molecule has 1 heterocycles. The van der Waals surface area contributed by atoms with Gasteiger partial charge in [0.2, 0.25) is 0 Å². The first-order valence-electron chi connectivity index (χ1n) is 11.3. The predicted molar refractivity (Wildman–Crippen MR) is 135 cm³/mol. The molecule has 0 aliphatic heterocycles. The van der Waals surface area contributed by atoms with E-state index in [1.165, 1.54) is 17.3 Å². The highest BCUT2D eigenvalue weighted by Gasteiger charge is 2.51. The minimum absolute atomic E-state index is 0.0350. The van der Waals surface area contributed by atoms with E-state index in [1.807, 2.05) is 18.2 Å². The Morgan fingerprint density at radius 2 is 1.61 bits per heavy atom. The molecule has 1 aliphatic rings. The predicted octanol–water partition coefficient (Wildman–Crippen LogP) is 5.09. The second kappa shape index (κ2) is 9.41. The van der Waals surface area contributed by atoms with Gasteiger partial charge in [-0.2, -0.15) is 0 Å². The van der Waals surface area contributed by atoms with Crippen LogP contribution in [0.2, 0.25) is 10.2 Å². The van der Waals surface area contributed by atoms with Crippen molar-refractivity contribution in [1.82, 2.24) is 4.98 Å². The summed E-state index contributed by atoms with van der Waals surface area (Å²) in [6.07, 6.45) is 1.94. The third-order valence-corrected chi connectivity index (χ3v) is 11.8. The third kappa shape index (κ3) is 4.50. The second-order valence-electron chi connectivity index (χ2n) is 9.64. The smallest absolute Gasteiger partial charge is 0.303 e. The highest BCUT2D eigenvalue weighted by molar-refractivity contribution is 6.99. The fourth-order valence-corrected chi connectivity index (χ4v) is 9.91. The molecule has 0 saturated heterocycles. The van der Waals surface area contributed by atoms with Crippen molar-refractivity contribution in [1.29, 1.82) is 0 Å². The Balaban J connectivity index is 1.75. The molecule has 33 heavy (non-hydrogen) atoms. The van der Waals surface area contributed by atoms with E-state index in [0.717, 1.165) is 11.1 Å². The van der Waals surface area contributed by atoms with Crippen LogP contribution in [0.5, 0.6) is 0 Å². The van der Waals surface area contributed by atoms with Gasteiger partial charge >= 0.3 is 5.97 Å². The SMILES string of the molecule is CC(=O)OC1c2ccnc(Cl)c2CC1CO[Si](c1ccccc1)(c1ccccc1)C(C)(C)C. The van der Waals surface area contributed by atoms with E-state index in [4.69, 9.17) is 20.8 Å². The topological polar surface area (TPSA) is 48.4 Å². The number of nitrogens with zero attached hydrogens (tertiary/aromatic N) is 1. The molecule has 0 amide bonds. The first kappa shape index (κ1) is 23.7. The zero-order chi connectivity index (χ0) is 23.6. The molecule has 0 N–H and O–H groups in total. The number of ether oxygens (including phenoxy) is 1. The maximum atomic E-state index is 11.9. The molecule has 1 aliphatic carbocycles. The van der Waals surface area contributed by atoms with E-state index in [0.29, 0.717) is 18.2 Å². The molecule has 4 rings (SSSR count). The number of esters is 1. The van der Waals surface area contributed by atoms with E-state index in [1.54, 1.807) is 6.20 Å². The van der Waals surface area contributed by atoms with Crippen molar-refractivity contribution < 1.29 is 14.0 Å². The van der Waals surface area contributed by atoms with Crippen LogP contribution in [0, 0.1) is 5.92 Å². The lowest BCUT2D eigenvalue weighted by Gasteiger charge is -2.43. The molecule has 0 saturated carbocycles. The lowest BCUT2D eigenvalue weighted by Crippen LogP contribution is -2.67. The number of benzene rings is 2. The molecule has 172 valence electrons. The molecule has 0 fully saturated rings. The highest BCUT2D eigenvalue weighted by atomic mass is 35.5. The summed E-state index contributed by atoms with van der Waals surface area (Å²) in [5.41, 5.74) is 1.88. The minimum atomic E-state index is -2.69. The van der Waals surface area contributed by atoms with Crippen LogP contribution in [0.4, 0.5) is 0 Å². The van der Waals surface area contributed by atoms with Gasteiger partial charge in [-0.3, -0.25) is 4.79 Å². The summed E-state index contributed by atoms with van der Waals surface area (Å²) >= 11 is 6.41. The Morgan fingerprint density at radius 1 is 1.03 bits per heavy atom. The van der Waals surface area contributed by atoms with E-state index in [9.17, 15) is 4.79 Å². The number of hydrogen-bond donors (Lipinski definition) is 0. The van der Waals surface area contributed by atoms with Gasteiger partial charge in [0.25, 0.3) is 8.32 Å². The van der Waals surface area contributed by atoms with Gasteiger partial charge in [0.15, 0.2) is 0 Å².